The highest BCUT2D eigenvalue weighted by Gasteiger charge is 2.15. The lowest BCUT2D eigenvalue weighted by molar-refractivity contribution is 0.0953. The molecule has 4 rings (SSSR count). The summed E-state index contributed by atoms with van der Waals surface area (Å²) >= 11 is 0. The molecule has 0 atom stereocenters. The van der Waals surface area contributed by atoms with Gasteiger partial charge in [0.15, 0.2) is 17.3 Å². The van der Waals surface area contributed by atoms with E-state index in [1.165, 1.54) is 17.3 Å². The Morgan fingerprint density at radius 3 is 2.92 bits per heavy atom. The molecule has 1 amide bonds. The number of hydrogen-bond acceptors (Lipinski definition) is 6. The third kappa shape index (κ3) is 3.34. The van der Waals surface area contributed by atoms with Crippen LogP contribution in [0.3, 0.4) is 0 Å². The molecule has 3 aromatic rings. The monoisotopic (exact) mass is 351 g/mol. The maximum atomic E-state index is 12.5. The number of nitrogens with one attached hydrogen (secondary N) is 1. The van der Waals surface area contributed by atoms with Crippen molar-refractivity contribution in [2.24, 2.45) is 0 Å². The first-order valence-electron chi connectivity index (χ1n) is 8.28. The van der Waals surface area contributed by atoms with Gasteiger partial charge in [-0.3, -0.25) is 4.79 Å². The molecule has 0 unspecified atom stereocenters. The highest BCUT2D eigenvalue weighted by molar-refractivity contribution is 5.97. The van der Waals surface area contributed by atoms with Crippen LogP contribution in [0.15, 0.2) is 49.2 Å². The second-order valence-corrected chi connectivity index (χ2v) is 5.70. The second-order valence-electron chi connectivity index (χ2n) is 5.70. The van der Waals surface area contributed by atoms with E-state index in [2.05, 4.69) is 20.4 Å². The van der Waals surface area contributed by atoms with E-state index in [0.717, 1.165) is 17.1 Å². The van der Waals surface area contributed by atoms with Gasteiger partial charge in [0.25, 0.3) is 5.91 Å². The van der Waals surface area contributed by atoms with E-state index >= 15 is 0 Å². The Bertz CT molecular complexity index is 911. The predicted octanol–water partition coefficient (Wildman–Crippen LogP) is 1.41. The molecule has 132 valence electrons. The number of amides is 1. The van der Waals surface area contributed by atoms with Gasteiger partial charge in [0.2, 0.25) is 0 Å². The molecule has 26 heavy (non-hydrogen) atoms. The minimum absolute atomic E-state index is 0.207. The van der Waals surface area contributed by atoms with Crippen molar-refractivity contribution in [2.75, 3.05) is 19.8 Å². The molecule has 0 fully saturated rings. The van der Waals surface area contributed by atoms with Gasteiger partial charge in [-0.25, -0.2) is 14.6 Å². The number of ether oxygens (including phenoxy) is 2. The summed E-state index contributed by atoms with van der Waals surface area (Å²) in [4.78, 5) is 20.6. The molecule has 1 aliphatic heterocycles. The standard InChI is InChI=1S/C18H17N5O3/c24-18(14-2-1-6-20-17(14)23-12-19-11-22-23)21-7-5-13-3-4-15-16(10-13)26-9-8-25-15/h1-4,6,10-12H,5,7-9H2,(H,21,24). The van der Waals surface area contributed by atoms with E-state index < -0.39 is 0 Å². The maximum Gasteiger partial charge on any atom is 0.255 e. The maximum absolute atomic E-state index is 12.5. The lowest BCUT2D eigenvalue weighted by atomic mass is 10.1. The smallest absolute Gasteiger partial charge is 0.255 e. The number of carbonyl (C=O) groups excluding carboxylic acids is 1. The Morgan fingerprint density at radius 1 is 1.19 bits per heavy atom. The van der Waals surface area contributed by atoms with Gasteiger partial charge in [-0.15, -0.1) is 0 Å². The van der Waals surface area contributed by atoms with Gasteiger partial charge in [-0.2, -0.15) is 5.10 Å². The van der Waals surface area contributed by atoms with Gasteiger partial charge in [0.05, 0.1) is 5.56 Å². The first kappa shape index (κ1) is 16.1. The van der Waals surface area contributed by atoms with Crippen LogP contribution >= 0.6 is 0 Å². The van der Waals surface area contributed by atoms with Crippen LogP contribution in [0.1, 0.15) is 15.9 Å². The normalized spacial score (nSPS) is 12.6. The van der Waals surface area contributed by atoms with Gasteiger partial charge in [-0.1, -0.05) is 6.07 Å². The fourth-order valence-electron chi connectivity index (χ4n) is 2.73. The molecular weight excluding hydrogens is 334 g/mol. The van der Waals surface area contributed by atoms with E-state index in [1.54, 1.807) is 18.3 Å². The van der Waals surface area contributed by atoms with Crippen LogP contribution in [-0.2, 0) is 6.42 Å². The molecule has 2 aromatic heterocycles. The Labute approximate surface area is 149 Å². The Balaban J connectivity index is 1.41. The van der Waals surface area contributed by atoms with Gasteiger partial charge < -0.3 is 14.8 Å². The molecule has 3 heterocycles. The SMILES string of the molecule is O=C(NCCc1ccc2c(c1)OCCO2)c1cccnc1-n1cncn1. The van der Waals surface area contributed by atoms with Gasteiger partial charge in [0.1, 0.15) is 25.9 Å². The molecule has 1 aliphatic rings. The van der Waals surface area contributed by atoms with E-state index in [-0.39, 0.29) is 5.91 Å². The highest BCUT2D eigenvalue weighted by atomic mass is 16.6. The molecule has 0 radical (unpaired) electrons. The van der Waals surface area contributed by atoms with Crippen LogP contribution in [0, 0.1) is 0 Å². The summed E-state index contributed by atoms with van der Waals surface area (Å²) in [6, 6.07) is 9.26. The average molecular weight is 351 g/mol. The minimum atomic E-state index is -0.207. The van der Waals surface area contributed by atoms with Crippen LogP contribution < -0.4 is 14.8 Å². The third-order valence-electron chi connectivity index (χ3n) is 3.97. The van der Waals surface area contributed by atoms with Crippen LogP contribution in [0.4, 0.5) is 0 Å². The molecule has 8 heteroatoms. The Kier molecular flexibility index (Phi) is 4.46. The zero-order valence-corrected chi connectivity index (χ0v) is 14.0. The summed E-state index contributed by atoms with van der Waals surface area (Å²) in [5.41, 5.74) is 1.51. The number of aromatic nitrogens is 4. The quantitative estimate of drug-likeness (QED) is 0.747. The average Bonchev–Trinajstić information content (AvgIpc) is 3.22. The molecule has 8 nitrogen and oxygen atoms in total. The van der Waals surface area contributed by atoms with Crippen molar-refractivity contribution < 1.29 is 14.3 Å². The molecule has 0 saturated heterocycles. The fourth-order valence-corrected chi connectivity index (χ4v) is 2.73. The summed E-state index contributed by atoms with van der Waals surface area (Å²) in [5.74, 6) is 1.75. The molecule has 0 saturated carbocycles. The molecule has 0 aliphatic carbocycles. The van der Waals surface area contributed by atoms with E-state index in [1.807, 2.05) is 18.2 Å². The summed E-state index contributed by atoms with van der Waals surface area (Å²) < 4.78 is 12.6. The minimum Gasteiger partial charge on any atom is -0.486 e. The topological polar surface area (TPSA) is 91.2 Å². The van der Waals surface area contributed by atoms with Crippen LogP contribution in [0.2, 0.25) is 0 Å². The highest BCUT2D eigenvalue weighted by Crippen LogP contribution is 2.30. The van der Waals surface area contributed by atoms with Crippen molar-refractivity contribution in [3.63, 3.8) is 0 Å². The number of pyridine rings is 1. The van der Waals surface area contributed by atoms with Crippen molar-refractivity contribution in [1.82, 2.24) is 25.1 Å². The van der Waals surface area contributed by atoms with Crippen molar-refractivity contribution in [3.05, 3.63) is 60.3 Å². The number of hydrogen-bond donors (Lipinski definition) is 1. The van der Waals surface area contributed by atoms with Crippen molar-refractivity contribution in [1.29, 1.82) is 0 Å². The van der Waals surface area contributed by atoms with Crippen LogP contribution in [-0.4, -0.2) is 45.4 Å². The Morgan fingerprint density at radius 2 is 2.08 bits per heavy atom. The number of rotatable bonds is 5. The number of benzene rings is 1. The van der Waals surface area contributed by atoms with Crippen LogP contribution in [0.5, 0.6) is 11.5 Å². The van der Waals surface area contributed by atoms with Gasteiger partial charge >= 0.3 is 0 Å². The predicted molar refractivity (Wildman–Crippen MR) is 92.6 cm³/mol. The first-order chi connectivity index (χ1) is 12.8. The van der Waals surface area contributed by atoms with Crippen molar-refractivity contribution in [3.8, 4) is 17.3 Å². The van der Waals surface area contributed by atoms with E-state index in [4.69, 9.17) is 9.47 Å². The molecule has 1 aromatic carbocycles. The number of fused-ring (bicyclic) bond motifs is 1. The second kappa shape index (κ2) is 7.22. The van der Waals surface area contributed by atoms with Crippen molar-refractivity contribution >= 4 is 5.91 Å². The zero-order chi connectivity index (χ0) is 17.8. The van der Waals surface area contributed by atoms with Crippen molar-refractivity contribution in [2.45, 2.75) is 6.42 Å². The number of carbonyl (C=O) groups is 1. The summed E-state index contributed by atoms with van der Waals surface area (Å²) in [5, 5.41) is 6.95. The third-order valence-corrected chi connectivity index (χ3v) is 3.97. The lowest BCUT2D eigenvalue weighted by Gasteiger charge is -2.18. The van der Waals surface area contributed by atoms with Gasteiger partial charge in [-0.05, 0) is 36.2 Å². The summed E-state index contributed by atoms with van der Waals surface area (Å²) in [6.07, 6.45) is 5.21. The molecule has 1 N–H and O–H groups in total. The van der Waals surface area contributed by atoms with E-state index in [9.17, 15) is 4.79 Å². The Hall–Kier alpha value is -3.42. The van der Waals surface area contributed by atoms with Crippen LogP contribution in [0.25, 0.3) is 5.82 Å². The number of nitrogens with zero attached hydrogens (tertiary/aromatic N) is 4. The summed E-state index contributed by atoms with van der Waals surface area (Å²) in [6.45, 7) is 1.62. The lowest BCUT2D eigenvalue weighted by Crippen LogP contribution is -2.27. The van der Waals surface area contributed by atoms with Gasteiger partial charge in [0, 0.05) is 12.7 Å². The fraction of sp³-hybridized carbons (Fsp3) is 0.222. The molecule has 0 bridgehead atoms. The zero-order valence-electron chi connectivity index (χ0n) is 14.0. The molecule has 0 spiro atoms. The summed E-state index contributed by atoms with van der Waals surface area (Å²) in [7, 11) is 0. The first-order valence-corrected chi connectivity index (χ1v) is 8.28. The van der Waals surface area contributed by atoms with E-state index in [0.29, 0.717) is 37.6 Å². The largest absolute Gasteiger partial charge is 0.486 e. The molecular formula is C18H17N5O3.